The molecule has 0 aliphatic carbocycles. The molecule has 1 unspecified atom stereocenters. The van der Waals surface area contributed by atoms with Crippen molar-refractivity contribution < 1.29 is 14.7 Å². The predicted octanol–water partition coefficient (Wildman–Crippen LogP) is 2.41. The van der Waals surface area contributed by atoms with E-state index in [1.807, 2.05) is 6.92 Å². The topological polar surface area (TPSA) is 66.4 Å². The third-order valence-electron chi connectivity index (χ3n) is 2.09. The molecule has 0 aliphatic rings. The van der Waals surface area contributed by atoms with Gasteiger partial charge in [0.15, 0.2) is 0 Å². The van der Waals surface area contributed by atoms with Crippen molar-refractivity contribution in [3.63, 3.8) is 0 Å². The van der Waals surface area contributed by atoms with Gasteiger partial charge in [-0.05, 0) is 40.9 Å². The molecule has 0 bridgehead atoms. The van der Waals surface area contributed by atoms with Gasteiger partial charge in [0.1, 0.15) is 6.04 Å². The van der Waals surface area contributed by atoms with Crippen LogP contribution in [0.25, 0.3) is 0 Å². The zero-order valence-corrected chi connectivity index (χ0v) is 11.3. The molecule has 2 N–H and O–H groups in total. The van der Waals surface area contributed by atoms with Crippen LogP contribution in [0, 0.1) is 6.92 Å². The number of aliphatic carboxylic acids is 1. The van der Waals surface area contributed by atoms with Crippen molar-refractivity contribution in [1.29, 1.82) is 0 Å². The summed E-state index contributed by atoms with van der Waals surface area (Å²) in [4.78, 5) is 23.0. The highest BCUT2D eigenvalue weighted by atomic mass is 79.9. The second-order valence-corrected chi connectivity index (χ2v) is 5.71. The smallest absolute Gasteiger partial charge is 0.326 e. The van der Waals surface area contributed by atoms with Crippen LogP contribution >= 0.6 is 27.3 Å². The number of rotatable bonds is 4. The molecule has 16 heavy (non-hydrogen) atoms. The van der Waals surface area contributed by atoms with Crippen LogP contribution in [-0.2, 0) is 4.79 Å². The van der Waals surface area contributed by atoms with Crippen LogP contribution in [-0.4, -0.2) is 23.0 Å². The maximum Gasteiger partial charge on any atom is 0.326 e. The van der Waals surface area contributed by atoms with Crippen molar-refractivity contribution >= 4 is 39.1 Å². The first kappa shape index (κ1) is 13.2. The van der Waals surface area contributed by atoms with Gasteiger partial charge in [-0.2, -0.15) is 0 Å². The summed E-state index contributed by atoms with van der Waals surface area (Å²) in [6.07, 6.45) is 0.368. The van der Waals surface area contributed by atoms with Crippen LogP contribution in [0.2, 0.25) is 0 Å². The molecule has 0 aliphatic heterocycles. The summed E-state index contributed by atoms with van der Waals surface area (Å²) in [6, 6.07) is 0.909. The SMILES string of the molecule is CCC(NC(=O)c1cc(C)c(Br)s1)C(=O)O. The lowest BCUT2D eigenvalue weighted by atomic mass is 10.2. The summed E-state index contributed by atoms with van der Waals surface area (Å²) in [6.45, 7) is 3.60. The molecule has 6 heteroatoms. The first-order valence-corrected chi connectivity index (χ1v) is 6.36. The molecular weight excluding hydrogens is 294 g/mol. The molecule has 0 saturated carbocycles. The molecule has 1 rings (SSSR count). The summed E-state index contributed by atoms with van der Waals surface area (Å²) in [5, 5.41) is 11.3. The molecule has 1 heterocycles. The van der Waals surface area contributed by atoms with E-state index in [0.29, 0.717) is 11.3 Å². The fourth-order valence-corrected chi connectivity index (χ4v) is 2.58. The van der Waals surface area contributed by atoms with E-state index >= 15 is 0 Å². The molecule has 1 aromatic rings. The molecule has 0 fully saturated rings. The van der Waals surface area contributed by atoms with Crippen molar-refractivity contribution in [3.8, 4) is 0 Å². The third-order valence-corrected chi connectivity index (χ3v) is 4.23. The van der Waals surface area contributed by atoms with Crippen LogP contribution < -0.4 is 5.32 Å². The number of nitrogens with one attached hydrogen (secondary N) is 1. The highest BCUT2D eigenvalue weighted by molar-refractivity contribution is 9.11. The van der Waals surface area contributed by atoms with Gasteiger partial charge in [0.05, 0.1) is 8.66 Å². The van der Waals surface area contributed by atoms with Crippen molar-refractivity contribution in [1.82, 2.24) is 5.32 Å². The Morgan fingerprint density at radius 1 is 1.62 bits per heavy atom. The zero-order chi connectivity index (χ0) is 12.3. The summed E-state index contributed by atoms with van der Waals surface area (Å²) in [5.41, 5.74) is 0.971. The van der Waals surface area contributed by atoms with Gasteiger partial charge >= 0.3 is 5.97 Å². The molecule has 88 valence electrons. The molecule has 0 saturated heterocycles. The van der Waals surface area contributed by atoms with Gasteiger partial charge in [0, 0.05) is 0 Å². The Balaban J connectivity index is 2.75. The van der Waals surface area contributed by atoms with Crippen molar-refractivity contribution in [2.24, 2.45) is 0 Å². The largest absolute Gasteiger partial charge is 0.480 e. The molecule has 4 nitrogen and oxygen atoms in total. The minimum Gasteiger partial charge on any atom is -0.480 e. The second-order valence-electron chi connectivity index (χ2n) is 3.34. The predicted molar refractivity (Wildman–Crippen MR) is 65.9 cm³/mol. The minimum absolute atomic E-state index is 0.340. The number of amides is 1. The van der Waals surface area contributed by atoms with Gasteiger partial charge in [-0.1, -0.05) is 6.92 Å². The maximum absolute atomic E-state index is 11.7. The van der Waals surface area contributed by atoms with Gasteiger partial charge < -0.3 is 10.4 Å². The summed E-state index contributed by atoms with van der Waals surface area (Å²) < 4.78 is 0.890. The minimum atomic E-state index is -1.01. The monoisotopic (exact) mass is 305 g/mol. The average Bonchev–Trinajstić information content (AvgIpc) is 2.55. The number of carbonyl (C=O) groups is 2. The average molecular weight is 306 g/mol. The standard InChI is InChI=1S/C10H12BrNO3S/c1-3-6(10(14)15)12-9(13)7-4-5(2)8(11)16-7/h4,6H,3H2,1-2H3,(H,12,13)(H,14,15). The summed E-state index contributed by atoms with van der Waals surface area (Å²) in [5.74, 6) is -1.35. The summed E-state index contributed by atoms with van der Waals surface area (Å²) >= 11 is 4.62. The van der Waals surface area contributed by atoms with Crippen LogP contribution in [0.1, 0.15) is 28.6 Å². The number of hydrogen-bond donors (Lipinski definition) is 2. The van der Waals surface area contributed by atoms with Gasteiger partial charge in [-0.25, -0.2) is 4.79 Å². The van der Waals surface area contributed by atoms with Gasteiger partial charge in [-0.15, -0.1) is 11.3 Å². The van der Waals surface area contributed by atoms with E-state index in [1.165, 1.54) is 11.3 Å². The van der Waals surface area contributed by atoms with Gasteiger partial charge in [0.25, 0.3) is 5.91 Å². The van der Waals surface area contributed by atoms with Crippen molar-refractivity contribution in [3.05, 3.63) is 20.3 Å². The summed E-state index contributed by atoms with van der Waals surface area (Å²) in [7, 11) is 0. The Bertz CT molecular complexity index is 397. The van der Waals surface area contributed by atoms with E-state index in [0.717, 1.165) is 9.35 Å². The quantitative estimate of drug-likeness (QED) is 0.897. The maximum atomic E-state index is 11.7. The van der Waals surface area contributed by atoms with E-state index in [2.05, 4.69) is 21.2 Å². The highest BCUT2D eigenvalue weighted by Gasteiger charge is 2.19. The number of carboxylic acids is 1. The first-order valence-electron chi connectivity index (χ1n) is 4.75. The Labute approximate surface area is 106 Å². The Morgan fingerprint density at radius 3 is 2.62 bits per heavy atom. The van der Waals surface area contributed by atoms with Crippen LogP contribution in [0.3, 0.4) is 0 Å². The fraction of sp³-hybridized carbons (Fsp3) is 0.400. The number of carboxylic acid groups (broad SMARTS) is 1. The molecule has 1 amide bonds. The lowest BCUT2D eigenvalue weighted by Crippen LogP contribution is -2.39. The Morgan fingerprint density at radius 2 is 2.25 bits per heavy atom. The number of thiophene rings is 1. The van der Waals surface area contributed by atoms with Crippen molar-refractivity contribution in [2.45, 2.75) is 26.3 Å². The zero-order valence-electron chi connectivity index (χ0n) is 8.91. The fourth-order valence-electron chi connectivity index (χ4n) is 1.14. The molecule has 0 spiro atoms. The Hall–Kier alpha value is -0.880. The van der Waals surface area contributed by atoms with Crippen molar-refractivity contribution in [2.75, 3.05) is 0 Å². The number of carbonyl (C=O) groups excluding carboxylic acids is 1. The van der Waals surface area contributed by atoms with E-state index in [-0.39, 0.29) is 5.91 Å². The number of halogens is 1. The Kier molecular flexibility index (Phi) is 4.49. The lowest BCUT2D eigenvalue weighted by molar-refractivity contribution is -0.139. The molecule has 1 aromatic heterocycles. The van der Waals surface area contributed by atoms with Crippen LogP contribution in [0.4, 0.5) is 0 Å². The molecule has 0 radical (unpaired) electrons. The lowest BCUT2D eigenvalue weighted by Gasteiger charge is -2.10. The van der Waals surface area contributed by atoms with E-state index < -0.39 is 12.0 Å². The number of hydrogen-bond acceptors (Lipinski definition) is 3. The van der Waals surface area contributed by atoms with Crippen LogP contribution in [0.5, 0.6) is 0 Å². The normalized spacial score (nSPS) is 12.2. The van der Waals surface area contributed by atoms with Gasteiger partial charge in [-0.3, -0.25) is 4.79 Å². The van der Waals surface area contributed by atoms with E-state index in [1.54, 1.807) is 13.0 Å². The molecule has 1 atom stereocenters. The third kappa shape index (κ3) is 3.05. The van der Waals surface area contributed by atoms with Gasteiger partial charge in [0.2, 0.25) is 0 Å². The number of aryl methyl sites for hydroxylation is 1. The first-order chi connectivity index (χ1) is 7.45. The van der Waals surface area contributed by atoms with E-state index in [4.69, 9.17) is 5.11 Å². The molecular formula is C10H12BrNO3S. The molecule has 0 aromatic carbocycles. The second kappa shape index (κ2) is 5.45. The van der Waals surface area contributed by atoms with E-state index in [9.17, 15) is 9.59 Å². The highest BCUT2D eigenvalue weighted by Crippen LogP contribution is 2.27. The van der Waals surface area contributed by atoms with Crippen LogP contribution in [0.15, 0.2) is 9.85 Å².